The molecule has 14 rings (SSSR count). The Hall–Kier alpha value is -5.34. The lowest BCUT2D eigenvalue weighted by molar-refractivity contribution is 0.00578. The molecule has 104 heavy (non-hydrogen) atoms. The second-order valence-electron chi connectivity index (χ2n) is 28.6. The van der Waals surface area contributed by atoms with Crippen molar-refractivity contribution >= 4 is 156 Å². The van der Waals surface area contributed by atoms with Crippen molar-refractivity contribution in [2.75, 3.05) is 41.0 Å². The first-order valence-corrected chi connectivity index (χ1v) is 39.9. The molecule has 1 unspecified atom stereocenters. The van der Waals surface area contributed by atoms with E-state index in [1.165, 1.54) is 151 Å². The Bertz CT molecular complexity index is 4280. The van der Waals surface area contributed by atoms with E-state index >= 15 is 0 Å². The molecule has 0 N–H and O–H groups in total. The summed E-state index contributed by atoms with van der Waals surface area (Å²) in [4.78, 5) is 55.0. The fraction of sp³-hybridized carbons (Fsp3) is 0.500. The summed E-state index contributed by atoms with van der Waals surface area (Å²) in [7, 11) is 12.8. The van der Waals surface area contributed by atoms with Crippen LogP contribution in [0.2, 0.25) is 0 Å². The number of carbonyl (C=O) groups excluding carboxylic acids is 3. The average Bonchev–Trinajstić information content (AvgIpc) is 1.59. The first kappa shape index (κ1) is 84.3. The molecule has 0 radical (unpaired) electrons. The van der Waals surface area contributed by atoms with Crippen LogP contribution in [0, 0.1) is 3.83 Å². The molecule has 5 fully saturated rings. The molecule has 3 aliphatic carbocycles. The molecular weight excluding hydrogens is 1640 g/mol. The van der Waals surface area contributed by atoms with Crippen molar-refractivity contribution < 1.29 is 51.6 Å². The molecule has 560 valence electrons. The lowest BCUT2D eigenvalue weighted by Crippen LogP contribution is -2.41. The number of furan rings is 1. The van der Waals surface area contributed by atoms with Gasteiger partial charge in [-0.2, -0.15) is 0 Å². The number of hydrogen-bond donors (Lipinski definition) is 0. The van der Waals surface area contributed by atoms with Crippen LogP contribution in [0.1, 0.15) is 219 Å². The third kappa shape index (κ3) is 20.1. The Morgan fingerprint density at radius 1 is 0.558 bits per heavy atom. The van der Waals surface area contributed by atoms with Crippen LogP contribution in [0.15, 0.2) is 116 Å². The van der Waals surface area contributed by atoms with E-state index in [4.69, 9.17) is 37.2 Å². The fourth-order valence-corrected chi connectivity index (χ4v) is 15.5. The van der Waals surface area contributed by atoms with E-state index in [0.29, 0.717) is 48.0 Å². The summed E-state index contributed by atoms with van der Waals surface area (Å²) >= 11 is 12.4. The van der Waals surface area contributed by atoms with E-state index in [-0.39, 0.29) is 29.1 Å². The topological polar surface area (TPSA) is 199 Å². The molecule has 19 nitrogen and oxygen atoms in total. The summed E-state index contributed by atoms with van der Waals surface area (Å²) in [5.41, 5.74) is 10.8. The maximum absolute atomic E-state index is 12.1. The summed E-state index contributed by atoms with van der Waals surface area (Å²) < 4.78 is 53.0. The van der Waals surface area contributed by atoms with Crippen LogP contribution in [-0.4, -0.2) is 135 Å². The monoisotopic (exact) mass is 1740 g/mol. The van der Waals surface area contributed by atoms with Crippen LogP contribution in [-0.2, 0) is 54.0 Å². The second-order valence-corrected chi connectivity index (χ2v) is 32.7. The normalized spacial score (nSPS) is 17.1. The van der Waals surface area contributed by atoms with Crippen LogP contribution >= 0.6 is 79.6 Å². The highest BCUT2D eigenvalue weighted by atomic mass is 127. The Balaban J connectivity index is 0.000000166. The molecule has 5 aliphatic rings. The number of carbonyl (C=O) groups is 3. The van der Waals surface area contributed by atoms with Gasteiger partial charge < -0.3 is 55.8 Å². The Morgan fingerprint density at radius 3 is 1.28 bits per heavy atom. The molecular formula is C78H103B2Br3IN8O11P. The predicted octanol–water partition coefficient (Wildman–Crippen LogP) is 18.0. The van der Waals surface area contributed by atoms with Crippen molar-refractivity contribution in [1.29, 1.82) is 0 Å². The van der Waals surface area contributed by atoms with Crippen LogP contribution in [0.25, 0.3) is 44.2 Å². The maximum atomic E-state index is 12.1. The molecule has 2 aliphatic heterocycles. The van der Waals surface area contributed by atoms with Gasteiger partial charge in [0.1, 0.15) is 5.50 Å². The number of esters is 3. The summed E-state index contributed by atoms with van der Waals surface area (Å²) in [6, 6.07) is 21.2. The van der Waals surface area contributed by atoms with Crippen LogP contribution in [0.3, 0.4) is 0 Å². The van der Waals surface area contributed by atoms with Gasteiger partial charge in [-0.25, -0.2) is 34.3 Å². The molecule has 2 saturated heterocycles. The number of nitrogens with zero attached hydrogens (tertiary/aromatic N) is 8. The largest absolute Gasteiger partial charge is 0.512 e. The molecule has 6 aromatic heterocycles. The molecule has 0 amide bonds. The van der Waals surface area contributed by atoms with Gasteiger partial charge in [-0.1, -0.05) is 86.7 Å². The molecule has 0 bridgehead atoms. The minimum absolute atomic E-state index is 0.132. The smallest absolute Gasteiger partial charge is 0.465 e. The quantitative estimate of drug-likeness (QED) is 0.0295. The number of methoxy groups -OCH3 is 3. The Morgan fingerprint density at radius 2 is 0.933 bits per heavy atom. The number of fused-ring (bicyclic) bond motifs is 3. The van der Waals surface area contributed by atoms with Gasteiger partial charge in [0.2, 0.25) is 0 Å². The van der Waals surface area contributed by atoms with Gasteiger partial charge in [-0.3, -0.25) is 0 Å². The highest BCUT2D eigenvalue weighted by Gasteiger charge is 2.54. The number of hydrogen-bond acceptors (Lipinski definition) is 16. The highest BCUT2D eigenvalue weighted by molar-refractivity contribution is 14.1. The van der Waals surface area contributed by atoms with E-state index in [2.05, 4.69) is 179 Å². The van der Waals surface area contributed by atoms with E-state index in [9.17, 15) is 14.4 Å². The van der Waals surface area contributed by atoms with Gasteiger partial charge in [-0.05, 0) is 244 Å². The molecule has 26 heteroatoms. The van der Waals surface area contributed by atoms with Crippen LogP contribution < -0.4 is 11.1 Å². The molecule has 1 atom stereocenters. The number of halogens is 4. The Kier molecular flexibility index (Phi) is 30.5. The first-order chi connectivity index (χ1) is 49.4. The average molecular weight is 1750 g/mol. The number of aryl methyl sites for hydroxylation is 3. The van der Waals surface area contributed by atoms with E-state index in [1.807, 2.05) is 103 Å². The molecule has 3 saturated carbocycles. The van der Waals surface area contributed by atoms with Crippen LogP contribution in [0.5, 0.6) is 0 Å². The van der Waals surface area contributed by atoms with Gasteiger partial charge in [-0.15, -0.1) is 0 Å². The van der Waals surface area contributed by atoms with Crippen molar-refractivity contribution in [2.24, 2.45) is 21.1 Å². The zero-order valence-corrected chi connectivity index (χ0v) is 71.6. The van der Waals surface area contributed by atoms with Crippen LogP contribution in [0.4, 0.5) is 0 Å². The summed E-state index contributed by atoms with van der Waals surface area (Å²) in [6.45, 7) is 26.6. The van der Waals surface area contributed by atoms with Crippen molar-refractivity contribution in [3.63, 3.8) is 0 Å². The van der Waals surface area contributed by atoms with E-state index in [1.54, 1.807) is 31.1 Å². The maximum Gasteiger partial charge on any atom is 0.512 e. The van der Waals surface area contributed by atoms with Crippen molar-refractivity contribution in [3.05, 3.63) is 149 Å². The zero-order chi connectivity index (χ0) is 76.0. The standard InChI is InChI=1S/C22H30BNO4.C20H20BrN3O2.C16H18BrNO2.C6H13BO2.C6H15N.C4H2BrIN2.C4H5OP/c1-21(2)22(3,4)28-23(27-21)19-18(14-9-7-8-10-14)16-12-11-15(20(25)26-6)13-17(16)24(19)5;1-24-16-9-13(20(25)26-2)7-8-15(16)17(12-5-3-4-6-12)18(24)19-22-10-14(21)11-23-19;1-18-13-9-11(16(19)20-2)7-8-12(13)14(15(18)17)10-5-3-4-6-10;1-5(2)6(3,4)9-7-8-5;1-4-7(5-2)6-3;5-3-1-7-4(6)8-2-3;6-4-2-1-3-5-4/h11-14H,7-10H2,1-6H3;7-12H,3-6H2,1-2H3;7-10H,3-6H2,1-2H3;7H,1-4H3;4-6H2,1-3H3;1-2H;1-3H,6H2. The molecule has 3 aromatic carbocycles. The Labute approximate surface area is 656 Å². The lowest BCUT2D eigenvalue weighted by Gasteiger charge is -2.32. The third-order valence-electron chi connectivity index (χ3n) is 21.3. The van der Waals surface area contributed by atoms with Crippen molar-refractivity contribution in [2.45, 2.75) is 193 Å². The third-order valence-corrected chi connectivity index (χ3v) is 24.0. The first-order valence-electron chi connectivity index (χ1n) is 35.9. The summed E-state index contributed by atoms with van der Waals surface area (Å²) in [5.74, 6) is 1.43. The van der Waals surface area contributed by atoms with Gasteiger partial charge in [0.25, 0.3) is 0 Å². The van der Waals surface area contributed by atoms with Crippen molar-refractivity contribution in [3.8, 4) is 11.5 Å². The molecule has 9 aromatic rings. The summed E-state index contributed by atoms with van der Waals surface area (Å²) in [5, 5.41) is 3.61. The SMILES string of the molecule is Brc1cnc(I)nc1.CC1(C)OBOC1(C)C.CCN(CC)CC.COC(=O)c1ccc2c(C3CCCC3)c(-c3ncc(Br)cn3)n(C)c2c1.COC(=O)c1ccc2c(C3CCCC3)c(B3OC(C)(C)C(C)(C)O3)n(C)c2c1.COC(=O)c1ccc2c(C3CCCC3)c(Br)n(C)c2c1.Pc1ccco1. The lowest BCUT2D eigenvalue weighted by atomic mass is 9.77. The van der Waals surface area contributed by atoms with Crippen molar-refractivity contribution in [1.82, 2.24) is 38.5 Å². The second kappa shape index (κ2) is 37.7. The summed E-state index contributed by atoms with van der Waals surface area (Å²) in [6.07, 6.45) is 23.5. The molecule has 0 spiro atoms. The number of aromatic nitrogens is 7. The van der Waals surface area contributed by atoms with Gasteiger partial charge in [0, 0.05) is 101 Å². The highest BCUT2D eigenvalue weighted by Crippen LogP contribution is 2.47. The van der Waals surface area contributed by atoms with Gasteiger partial charge >= 0.3 is 32.7 Å². The zero-order valence-electron chi connectivity index (χ0n) is 63.5. The minimum Gasteiger partial charge on any atom is -0.465 e. The van der Waals surface area contributed by atoms with E-state index in [0.717, 1.165) is 50.7 Å². The minimum atomic E-state index is -0.417. The number of rotatable bonds is 11. The number of benzene rings is 3. The van der Waals surface area contributed by atoms with Gasteiger partial charge in [0.05, 0.1) is 91.5 Å². The molecule has 8 heterocycles. The van der Waals surface area contributed by atoms with E-state index < -0.39 is 18.3 Å². The number of ether oxygens (including phenoxy) is 3. The fourth-order valence-electron chi connectivity index (χ4n) is 13.9. The predicted molar refractivity (Wildman–Crippen MR) is 440 cm³/mol. The van der Waals surface area contributed by atoms with Gasteiger partial charge in [0.15, 0.2) is 9.66 Å².